The Morgan fingerprint density at radius 1 is 1.55 bits per heavy atom. The molecule has 106 valence electrons. The standard InChI is InChI=1S/C15H19N3O2/c1-15(11-20-10-13(15)17)14(19)18(9-5-8-16)12-6-3-2-4-7-12/h2-4,6-7,13H,5,9-11,17H2,1H3. The van der Waals surface area contributed by atoms with Gasteiger partial charge >= 0.3 is 0 Å². The van der Waals surface area contributed by atoms with Crippen LogP contribution in [0.25, 0.3) is 0 Å². The Labute approximate surface area is 118 Å². The minimum absolute atomic E-state index is 0.0797. The number of hydrogen-bond acceptors (Lipinski definition) is 4. The van der Waals surface area contributed by atoms with Crippen molar-refractivity contribution in [2.45, 2.75) is 19.4 Å². The molecular formula is C15H19N3O2. The van der Waals surface area contributed by atoms with Gasteiger partial charge in [0.05, 0.1) is 31.1 Å². The first-order valence-electron chi connectivity index (χ1n) is 6.67. The highest BCUT2D eigenvalue weighted by atomic mass is 16.5. The van der Waals surface area contributed by atoms with Crippen LogP contribution >= 0.6 is 0 Å². The highest BCUT2D eigenvalue weighted by Gasteiger charge is 2.46. The van der Waals surface area contributed by atoms with Gasteiger partial charge in [-0.25, -0.2) is 0 Å². The predicted octanol–water partition coefficient (Wildman–Crippen LogP) is 1.30. The summed E-state index contributed by atoms with van der Waals surface area (Å²) in [4.78, 5) is 14.5. The third-order valence-corrected chi connectivity index (χ3v) is 3.77. The number of para-hydroxylation sites is 1. The topological polar surface area (TPSA) is 79.3 Å². The lowest BCUT2D eigenvalue weighted by atomic mass is 9.84. The lowest BCUT2D eigenvalue weighted by molar-refractivity contribution is -0.127. The fraction of sp³-hybridized carbons (Fsp3) is 0.467. The summed E-state index contributed by atoms with van der Waals surface area (Å²) in [5, 5.41) is 8.79. The van der Waals surface area contributed by atoms with Gasteiger partial charge in [-0.15, -0.1) is 0 Å². The van der Waals surface area contributed by atoms with Gasteiger partial charge in [-0.05, 0) is 19.1 Å². The molecule has 20 heavy (non-hydrogen) atoms. The van der Waals surface area contributed by atoms with Crippen molar-refractivity contribution in [3.63, 3.8) is 0 Å². The van der Waals surface area contributed by atoms with Crippen LogP contribution in [0.2, 0.25) is 0 Å². The van der Waals surface area contributed by atoms with E-state index >= 15 is 0 Å². The fourth-order valence-electron chi connectivity index (χ4n) is 2.34. The van der Waals surface area contributed by atoms with E-state index in [-0.39, 0.29) is 18.4 Å². The van der Waals surface area contributed by atoms with Crippen molar-refractivity contribution < 1.29 is 9.53 Å². The van der Waals surface area contributed by atoms with Crippen molar-refractivity contribution >= 4 is 11.6 Å². The van der Waals surface area contributed by atoms with Crippen LogP contribution in [0.3, 0.4) is 0 Å². The molecule has 2 atom stereocenters. The van der Waals surface area contributed by atoms with Crippen LogP contribution in [-0.2, 0) is 9.53 Å². The van der Waals surface area contributed by atoms with Gasteiger partial charge in [0.25, 0.3) is 0 Å². The number of rotatable bonds is 4. The summed E-state index contributed by atoms with van der Waals surface area (Å²) < 4.78 is 5.35. The number of nitrogens with two attached hydrogens (primary N) is 1. The first-order chi connectivity index (χ1) is 9.59. The number of benzene rings is 1. The number of hydrogen-bond donors (Lipinski definition) is 1. The molecule has 5 nitrogen and oxygen atoms in total. The molecule has 0 spiro atoms. The molecule has 5 heteroatoms. The predicted molar refractivity (Wildman–Crippen MR) is 75.9 cm³/mol. The molecule has 2 N–H and O–H groups in total. The number of anilines is 1. The lowest BCUT2D eigenvalue weighted by Gasteiger charge is -2.33. The molecule has 0 radical (unpaired) electrons. The molecule has 0 aromatic heterocycles. The van der Waals surface area contributed by atoms with Crippen LogP contribution in [0, 0.1) is 16.7 Å². The van der Waals surface area contributed by atoms with Gasteiger partial charge in [-0.3, -0.25) is 4.79 Å². The summed E-state index contributed by atoms with van der Waals surface area (Å²) in [6.07, 6.45) is 0.285. The molecule has 0 bridgehead atoms. The van der Waals surface area contributed by atoms with Crippen LogP contribution in [0.1, 0.15) is 13.3 Å². The molecule has 1 heterocycles. The Morgan fingerprint density at radius 3 is 2.80 bits per heavy atom. The van der Waals surface area contributed by atoms with Gasteiger partial charge in [-0.2, -0.15) is 5.26 Å². The maximum absolute atomic E-state index is 12.8. The van der Waals surface area contributed by atoms with E-state index in [1.165, 1.54) is 0 Å². The number of carbonyl (C=O) groups excluding carboxylic acids is 1. The second-order valence-electron chi connectivity index (χ2n) is 5.24. The lowest BCUT2D eigenvalue weighted by Crippen LogP contribution is -2.52. The van der Waals surface area contributed by atoms with Gasteiger partial charge in [0.1, 0.15) is 0 Å². The summed E-state index contributed by atoms with van der Waals surface area (Å²) in [5.74, 6) is -0.0797. The maximum Gasteiger partial charge on any atom is 0.236 e. The first kappa shape index (κ1) is 14.5. The van der Waals surface area contributed by atoms with E-state index in [0.717, 1.165) is 5.69 Å². The molecule has 1 aromatic carbocycles. The molecule has 0 saturated carbocycles. The van der Waals surface area contributed by atoms with Gasteiger partial charge in [0, 0.05) is 18.3 Å². The van der Waals surface area contributed by atoms with E-state index in [1.54, 1.807) is 4.90 Å². The van der Waals surface area contributed by atoms with Crippen molar-refractivity contribution in [1.82, 2.24) is 0 Å². The summed E-state index contributed by atoms with van der Waals surface area (Å²) >= 11 is 0. The molecule has 0 aliphatic carbocycles. The summed E-state index contributed by atoms with van der Waals surface area (Å²) in [6, 6.07) is 11.1. The molecule has 1 aliphatic rings. The molecule has 1 fully saturated rings. The van der Waals surface area contributed by atoms with E-state index in [9.17, 15) is 4.79 Å². The third-order valence-electron chi connectivity index (χ3n) is 3.77. The molecule has 2 rings (SSSR count). The highest BCUT2D eigenvalue weighted by Crippen LogP contribution is 2.31. The fourth-order valence-corrected chi connectivity index (χ4v) is 2.34. The Hall–Kier alpha value is -1.90. The highest BCUT2D eigenvalue weighted by molar-refractivity contribution is 5.98. The molecular weight excluding hydrogens is 254 g/mol. The number of nitriles is 1. The largest absolute Gasteiger partial charge is 0.379 e. The SMILES string of the molecule is CC1(C(=O)N(CCC#N)c2ccccc2)COCC1N. The van der Waals surface area contributed by atoms with Crippen molar-refractivity contribution in [3.8, 4) is 6.07 Å². The zero-order valence-electron chi connectivity index (χ0n) is 11.6. The van der Waals surface area contributed by atoms with Crippen LogP contribution in [-0.4, -0.2) is 31.7 Å². The van der Waals surface area contributed by atoms with Crippen molar-refractivity contribution in [2.24, 2.45) is 11.1 Å². The maximum atomic E-state index is 12.8. The van der Waals surface area contributed by atoms with Gasteiger partial charge in [0.2, 0.25) is 5.91 Å². The monoisotopic (exact) mass is 273 g/mol. The minimum Gasteiger partial charge on any atom is -0.379 e. The van der Waals surface area contributed by atoms with Crippen LogP contribution in [0.4, 0.5) is 5.69 Å². The van der Waals surface area contributed by atoms with E-state index in [1.807, 2.05) is 37.3 Å². The smallest absolute Gasteiger partial charge is 0.236 e. The molecule has 2 unspecified atom stereocenters. The molecule has 1 aromatic rings. The van der Waals surface area contributed by atoms with Crippen molar-refractivity contribution in [2.75, 3.05) is 24.7 Å². The second-order valence-corrected chi connectivity index (χ2v) is 5.24. The normalized spacial score (nSPS) is 25.1. The number of ether oxygens (including phenoxy) is 1. The van der Waals surface area contributed by atoms with Crippen LogP contribution in [0.5, 0.6) is 0 Å². The zero-order chi connectivity index (χ0) is 14.6. The Bertz CT molecular complexity index is 512. The van der Waals surface area contributed by atoms with E-state index in [0.29, 0.717) is 19.8 Å². The van der Waals surface area contributed by atoms with Gasteiger partial charge < -0.3 is 15.4 Å². The third kappa shape index (κ3) is 2.67. The van der Waals surface area contributed by atoms with Crippen LogP contribution in [0.15, 0.2) is 30.3 Å². The van der Waals surface area contributed by atoms with Crippen molar-refractivity contribution in [3.05, 3.63) is 30.3 Å². The zero-order valence-corrected chi connectivity index (χ0v) is 11.6. The average molecular weight is 273 g/mol. The quantitative estimate of drug-likeness (QED) is 0.896. The van der Waals surface area contributed by atoms with Gasteiger partial charge in [0.15, 0.2) is 0 Å². The number of amides is 1. The number of carbonyl (C=O) groups is 1. The Balaban J connectivity index is 2.27. The van der Waals surface area contributed by atoms with Crippen LogP contribution < -0.4 is 10.6 Å². The Morgan fingerprint density at radius 2 is 2.25 bits per heavy atom. The summed E-state index contributed by atoms with van der Waals surface area (Å²) in [6.45, 7) is 2.91. The Kier molecular flexibility index (Phi) is 4.38. The second kappa shape index (κ2) is 6.04. The molecule has 1 amide bonds. The molecule has 1 saturated heterocycles. The van der Waals surface area contributed by atoms with Gasteiger partial charge in [-0.1, -0.05) is 18.2 Å². The van der Waals surface area contributed by atoms with E-state index in [4.69, 9.17) is 15.7 Å². The summed E-state index contributed by atoms with van der Waals surface area (Å²) in [7, 11) is 0. The summed E-state index contributed by atoms with van der Waals surface area (Å²) in [5.41, 5.74) is 6.08. The van der Waals surface area contributed by atoms with Crippen molar-refractivity contribution in [1.29, 1.82) is 5.26 Å². The average Bonchev–Trinajstić information content (AvgIpc) is 2.81. The molecule has 1 aliphatic heterocycles. The van der Waals surface area contributed by atoms with E-state index in [2.05, 4.69) is 6.07 Å². The number of nitrogens with zero attached hydrogens (tertiary/aromatic N) is 2. The minimum atomic E-state index is -0.731. The first-order valence-corrected chi connectivity index (χ1v) is 6.67. The van der Waals surface area contributed by atoms with E-state index < -0.39 is 5.41 Å².